The molecular weight excluding hydrogens is 439 g/mol. The first-order chi connectivity index (χ1) is 11.2. The van der Waals surface area contributed by atoms with E-state index >= 15 is 0 Å². The fourth-order valence-corrected chi connectivity index (χ4v) is 6.00. The maximum atomic E-state index is 12.6. The van der Waals surface area contributed by atoms with Gasteiger partial charge in [0.2, 0.25) is 9.84 Å². The van der Waals surface area contributed by atoms with Gasteiger partial charge in [0.15, 0.2) is 9.84 Å². The molecule has 2 aromatic rings. The average Bonchev–Trinajstić information content (AvgIpc) is 3.03. The lowest BCUT2D eigenvalue weighted by atomic mass is 10.4. The van der Waals surface area contributed by atoms with Crippen molar-refractivity contribution in [1.82, 2.24) is 4.90 Å². The van der Waals surface area contributed by atoms with Crippen molar-refractivity contribution in [3.63, 3.8) is 0 Å². The van der Waals surface area contributed by atoms with Crippen molar-refractivity contribution in [2.75, 3.05) is 26.4 Å². The van der Waals surface area contributed by atoms with Gasteiger partial charge in [-0.2, -0.15) is 0 Å². The van der Waals surface area contributed by atoms with Gasteiger partial charge in [0.25, 0.3) is 0 Å². The van der Waals surface area contributed by atoms with Crippen LogP contribution in [-0.4, -0.2) is 48.1 Å². The van der Waals surface area contributed by atoms with E-state index in [1.807, 2.05) is 0 Å². The molecule has 0 amide bonds. The highest BCUT2D eigenvalue weighted by Crippen LogP contribution is 2.28. The van der Waals surface area contributed by atoms with Crippen LogP contribution in [0.25, 0.3) is 0 Å². The van der Waals surface area contributed by atoms with Crippen LogP contribution in [0.5, 0.6) is 0 Å². The Bertz CT molecular complexity index is 909. The number of nitrogens with two attached hydrogens (primary N) is 1. The molecule has 0 aliphatic rings. The lowest BCUT2D eigenvalue weighted by molar-refractivity contribution is 0.432. The van der Waals surface area contributed by atoms with Crippen molar-refractivity contribution in [3.05, 3.63) is 41.3 Å². The number of thiophene rings is 1. The summed E-state index contributed by atoms with van der Waals surface area (Å²) in [4.78, 5) is 2.75. The molecule has 148 valence electrons. The summed E-state index contributed by atoms with van der Waals surface area (Å²) >= 11 is 1.12. The summed E-state index contributed by atoms with van der Waals surface area (Å²) in [5.74, 6) is -0.0170. The molecular formula is C15H22Cl2N2O4S3. The second-order valence-corrected chi connectivity index (χ2v) is 11.0. The minimum atomic E-state index is -3.66. The van der Waals surface area contributed by atoms with Crippen LogP contribution in [0.3, 0.4) is 0 Å². The highest BCUT2D eigenvalue weighted by atomic mass is 35.5. The lowest BCUT2D eigenvalue weighted by Gasteiger charge is -2.10. The van der Waals surface area contributed by atoms with Crippen LogP contribution in [0, 0.1) is 0 Å². The smallest absolute Gasteiger partial charge is 0.215 e. The Morgan fingerprint density at radius 1 is 0.923 bits per heavy atom. The van der Waals surface area contributed by atoms with Crippen molar-refractivity contribution in [3.8, 4) is 0 Å². The third-order valence-electron chi connectivity index (χ3n) is 3.40. The minimum absolute atomic E-state index is 0. The third-order valence-corrected chi connectivity index (χ3v) is 8.48. The topological polar surface area (TPSA) is 97.5 Å². The van der Waals surface area contributed by atoms with Crippen molar-refractivity contribution in [2.24, 2.45) is 5.73 Å². The number of hydrogen-bond donors (Lipinski definition) is 1. The van der Waals surface area contributed by atoms with Crippen molar-refractivity contribution in [1.29, 1.82) is 0 Å². The molecule has 0 bridgehead atoms. The zero-order valence-electron chi connectivity index (χ0n) is 14.3. The molecule has 0 atom stereocenters. The molecule has 1 aromatic carbocycles. The van der Waals surface area contributed by atoms with Crippen molar-refractivity contribution in [2.45, 2.75) is 20.5 Å². The Morgan fingerprint density at radius 2 is 1.46 bits per heavy atom. The van der Waals surface area contributed by atoms with Crippen LogP contribution in [0.15, 0.2) is 50.4 Å². The first kappa shape index (κ1) is 25.3. The van der Waals surface area contributed by atoms with E-state index in [1.54, 1.807) is 25.1 Å². The van der Waals surface area contributed by atoms with Gasteiger partial charge in [0.1, 0.15) is 4.21 Å². The van der Waals surface area contributed by atoms with E-state index in [0.717, 1.165) is 16.2 Å². The third kappa shape index (κ3) is 5.91. The molecule has 0 aliphatic carbocycles. The maximum Gasteiger partial charge on any atom is 0.215 e. The van der Waals surface area contributed by atoms with Crippen LogP contribution in [0.4, 0.5) is 0 Å². The van der Waals surface area contributed by atoms with Gasteiger partial charge in [-0.1, -0.05) is 0 Å². The number of rotatable bonds is 7. The molecule has 2 rings (SSSR count). The normalized spacial score (nSPS) is 11.7. The molecule has 0 fully saturated rings. The first-order valence-electron chi connectivity index (χ1n) is 7.18. The lowest BCUT2D eigenvalue weighted by Crippen LogP contribution is -2.22. The van der Waals surface area contributed by atoms with E-state index in [4.69, 9.17) is 5.73 Å². The molecule has 0 unspecified atom stereocenters. The maximum absolute atomic E-state index is 12.6. The van der Waals surface area contributed by atoms with Crippen LogP contribution in [0.2, 0.25) is 0 Å². The van der Waals surface area contributed by atoms with Gasteiger partial charge in [-0.3, -0.25) is 0 Å². The van der Waals surface area contributed by atoms with E-state index in [1.165, 1.54) is 30.3 Å². The van der Waals surface area contributed by atoms with Gasteiger partial charge < -0.3 is 10.6 Å². The molecule has 0 aliphatic heterocycles. The Kier molecular flexibility index (Phi) is 9.76. The number of hydrogen-bond acceptors (Lipinski definition) is 7. The quantitative estimate of drug-likeness (QED) is 0.679. The average molecular weight is 461 g/mol. The fraction of sp³-hybridized carbons (Fsp3) is 0.333. The minimum Gasteiger partial charge on any atom is -0.326 e. The standard InChI is InChI=1S/C15H20N2O4S3.2ClH/c1-17(2)9-10-23(18,19)13-4-6-14(7-5-13)24(20,21)15-8-3-12(11-16)22-15;;/h3-8H,9-11,16H2,1-2H3;2*1H. The number of nitrogens with zero attached hydrogens (tertiary/aromatic N) is 1. The molecule has 0 radical (unpaired) electrons. The van der Waals surface area contributed by atoms with E-state index in [2.05, 4.69) is 0 Å². The van der Waals surface area contributed by atoms with E-state index in [-0.39, 0.29) is 51.1 Å². The predicted molar refractivity (Wildman–Crippen MR) is 109 cm³/mol. The number of benzene rings is 1. The molecule has 1 aromatic heterocycles. The van der Waals surface area contributed by atoms with E-state index in [0.29, 0.717) is 6.54 Å². The Labute approximate surface area is 171 Å². The molecule has 0 saturated carbocycles. The predicted octanol–water partition coefficient (Wildman–Crippen LogP) is 2.22. The molecule has 26 heavy (non-hydrogen) atoms. The Balaban J connectivity index is 0.00000312. The van der Waals surface area contributed by atoms with Gasteiger partial charge in [-0.05, 0) is 50.5 Å². The largest absolute Gasteiger partial charge is 0.326 e. The molecule has 0 saturated heterocycles. The van der Waals surface area contributed by atoms with E-state index < -0.39 is 19.7 Å². The second-order valence-electron chi connectivity index (χ2n) is 5.52. The molecule has 1 heterocycles. The highest BCUT2D eigenvalue weighted by molar-refractivity contribution is 7.93. The number of sulfone groups is 2. The van der Waals surface area contributed by atoms with Gasteiger partial charge >= 0.3 is 0 Å². The summed E-state index contributed by atoms with van der Waals surface area (Å²) in [6, 6.07) is 8.55. The summed E-state index contributed by atoms with van der Waals surface area (Å²) < 4.78 is 49.7. The van der Waals surface area contributed by atoms with Crippen LogP contribution >= 0.6 is 36.2 Å². The van der Waals surface area contributed by atoms with Gasteiger partial charge in [-0.25, -0.2) is 16.8 Å². The Morgan fingerprint density at radius 3 is 1.92 bits per heavy atom. The van der Waals surface area contributed by atoms with Gasteiger partial charge in [0.05, 0.1) is 15.5 Å². The summed E-state index contributed by atoms with van der Waals surface area (Å²) in [5.41, 5.74) is 5.51. The van der Waals surface area contributed by atoms with Crippen LogP contribution in [-0.2, 0) is 26.2 Å². The molecule has 0 spiro atoms. The van der Waals surface area contributed by atoms with Gasteiger partial charge in [0, 0.05) is 18.0 Å². The van der Waals surface area contributed by atoms with Crippen molar-refractivity contribution >= 4 is 55.8 Å². The summed E-state index contributed by atoms with van der Waals surface area (Å²) in [7, 11) is -3.50. The van der Waals surface area contributed by atoms with E-state index in [9.17, 15) is 16.8 Å². The summed E-state index contributed by atoms with van der Waals surface area (Å²) in [5, 5.41) is 0. The van der Waals surface area contributed by atoms with Crippen LogP contribution < -0.4 is 5.73 Å². The first-order valence-corrected chi connectivity index (χ1v) is 11.1. The molecule has 11 heteroatoms. The molecule has 2 N–H and O–H groups in total. The summed E-state index contributed by atoms with van der Waals surface area (Å²) in [6.45, 7) is 0.683. The SMILES string of the molecule is CN(C)CCS(=O)(=O)c1ccc(S(=O)(=O)c2ccc(CN)s2)cc1.Cl.Cl. The Hall–Kier alpha value is -0.680. The second kappa shape index (κ2) is 10.0. The van der Waals surface area contributed by atoms with Crippen LogP contribution in [0.1, 0.15) is 4.88 Å². The monoisotopic (exact) mass is 460 g/mol. The van der Waals surface area contributed by atoms with Crippen molar-refractivity contribution < 1.29 is 16.8 Å². The molecule has 6 nitrogen and oxygen atoms in total. The zero-order valence-corrected chi connectivity index (χ0v) is 18.4. The zero-order chi connectivity index (χ0) is 18.0. The highest BCUT2D eigenvalue weighted by Gasteiger charge is 2.21. The van der Waals surface area contributed by atoms with Gasteiger partial charge in [-0.15, -0.1) is 36.2 Å². The summed E-state index contributed by atoms with van der Waals surface area (Å²) in [6.07, 6.45) is 0. The fourth-order valence-electron chi connectivity index (χ4n) is 1.98. The number of halogens is 2.